The van der Waals surface area contributed by atoms with Crippen LogP contribution in [-0.2, 0) is 13.6 Å². The van der Waals surface area contributed by atoms with Gasteiger partial charge in [0.1, 0.15) is 0 Å². The Bertz CT molecular complexity index is 764. The molecule has 3 aromatic heterocycles. The van der Waals surface area contributed by atoms with E-state index < -0.39 is 0 Å². The summed E-state index contributed by atoms with van der Waals surface area (Å²) < 4.78 is 4.73. The smallest absolute Gasteiger partial charge is 0.275 e. The largest absolute Gasteiger partial charge is 0.350 e. The van der Waals surface area contributed by atoms with E-state index in [9.17, 15) is 4.79 Å². The second-order valence-corrected chi connectivity index (χ2v) is 4.28. The lowest BCUT2D eigenvalue weighted by atomic mass is 10.3. The highest BCUT2D eigenvalue weighted by atomic mass is 16.2. The molecular weight excluding hydrogens is 230 g/mol. The zero-order valence-electron chi connectivity index (χ0n) is 10.2. The van der Waals surface area contributed by atoms with Gasteiger partial charge in [-0.15, -0.1) is 5.10 Å². The van der Waals surface area contributed by atoms with E-state index in [-0.39, 0.29) is 5.69 Å². The van der Waals surface area contributed by atoms with E-state index in [1.807, 2.05) is 38.4 Å². The van der Waals surface area contributed by atoms with Gasteiger partial charge in [0.05, 0.1) is 12.2 Å². The molecule has 0 radical (unpaired) electrons. The molecule has 0 fully saturated rings. The molecule has 0 aliphatic rings. The van der Waals surface area contributed by atoms with E-state index in [4.69, 9.17) is 0 Å². The number of nitrogens with zero attached hydrogens (tertiary/aromatic N) is 5. The maximum atomic E-state index is 12.1. The standard InChI is InChI=1S/C12H13N5O/c1-9-10(7-15(2)13-9)8-17-12(18)16-6-4-3-5-11(16)14-17/h3-7H,8H2,1-2H3. The molecule has 3 aromatic rings. The lowest BCUT2D eigenvalue weighted by molar-refractivity contribution is 0.656. The normalized spacial score (nSPS) is 11.2. The van der Waals surface area contributed by atoms with Gasteiger partial charge in [0.15, 0.2) is 5.65 Å². The molecule has 0 spiro atoms. The summed E-state index contributed by atoms with van der Waals surface area (Å²) in [7, 11) is 1.86. The molecule has 0 amide bonds. The Kier molecular flexibility index (Phi) is 2.29. The number of aromatic nitrogens is 5. The van der Waals surface area contributed by atoms with Crippen LogP contribution in [0.5, 0.6) is 0 Å². The first kappa shape index (κ1) is 10.8. The molecule has 3 rings (SSSR count). The maximum Gasteiger partial charge on any atom is 0.350 e. The minimum absolute atomic E-state index is 0.131. The highest BCUT2D eigenvalue weighted by Crippen LogP contribution is 2.06. The monoisotopic (exact) mass is 243 g/mol. The summed E-state index contributed by atoms with van der Waals surface area (Å²) in [5.74, 6) is 0. The quantitative estimate of drug-likeness (QED) is 0.661. The van der Waals surface area contributed by atoms with Gasteiger partial charge in [-0.3, -0.25) is 9.08 Å². The molecule has 0 unspecified atom stereocenters. The van der Waals surface area contributed by atoms with Gasteiger partial charge in [-0.1, -0.05) is 6.07 Å². The van der Waals surface area contributed by atoms with Crippen molar-refractivity contribution in [3.8, 4) is 0 Å². The number of hydrogen-bond donors (Lipinski definition) is 0. The number of hydrogen-bond acceptors (Lipinski definition) is 3. The van der Waals surface area contributed by atoms with Crippen molar-refractivity contribution in [2.75, 3.05) is 0 Å². The number of rotatable bonds is 2. The second-order valence-electron chi connectivity index (χ2n) is 4.28. The maximum absolute atomic E-state index is 12.1. The van der Waals surface area contributed by atoms with Crippen LogP contribution in [0.2, 0.25) is 0 Å². The Hall–Kier alpha value is -2.37. The van der Waals surface area contributed by atoms with E-state index in [1.165, 1.54) is 9.08 Å². The lowest BCUT2D eigenvalue weighted by Gasteiger charge is -1.96. The summed E-state index contributed by atoms with van der Waals surface area (Å²) in [6.45, 7) is 2.37. The van der Waals surface area contributed by atoms with Crippen molar-refractivity contribution in [1.29, 1.82) is 0 Å². The van der Waals surface area contributed by atoms with Gasteiger partial charge in [-0.25, -0.2) is 9.48 Å². The molecule has 0 bridgehead atoms. The van der Waals surface area contributed by atoms with Crippen molar-refractivity contribution in [2.45, 2.75) is 13.5 Å². The fraction of sp³-hybridized carbons (Fsp3) is 0.250. The van der Waals surface area contributed by atoms with E-state index >= 15 is 0 Å². The molecular formula is C12H13N5O. The SMILES string of the molecule is Cc1nn(C)cc1Cn1nc2ccccn2c1=O. The minimum Gasteiger partial charge on any atom is -0.275 e. The fourth-order valence-electron chi connectivity index (χ4n) is 2.04. The van der Waals surface area contributed by atoms with Crippen molar-refractivity contribution in [2.24, 2.45) is 7.05 Å². The van der Waals surface area contributed by atoms with E-state index in [0.717, 1.165) is 11.3 Å². The number of pyridine rings is 1. The van der Waals surface area contributed by atoms with Crippen molar-refractivity contribution < 1.29 is 0 Å². The lowest BCUT2D eigenvalue weighted by Crippen LogP contribution is -2.21. The molecule has 18 heavy (non-hydrogen) atoms. The van der Waals surface area contributed by atoms with Crippen LogP contribution in [0.1, 0.15) is 11.3 Å². The molecule has 92 valence electrons. The van der Waals surface area contributed by atoms with E-state index in [2.05, 4.69) is 10.2 Å². The number of aryl methyl sites for hydroxylation is 2. The topological polar surface area (TPSA) is 57.1 Å². The van der Waals surface area contributed by atoms with Crippen LogP contribution in [0.4, 0.5) is 0 Å². The first-order valence-corrected chi connectivity index (χ1v) is 5.68. The van der Waals surface area contributed by atoms with Crippen molar-refractivity contribution >= 4 is 5.65 Å². The van der Waals surface area contributed by atoms with Gasteiger partial charge in [-0.2, -0.15) is 5.10 Å². The summed E-state index contributed by atoms with van der Waals surface area (Å²) >= 11 is 0. The third-order valence-corrected chi connectivity index (χ3v) is 2.92. The van der Waals surface area contributed by atoms with Crippen LogP contribution in [0.15, 0.2) is 35.4 Å². The van der Waals surface area contributed by atoms with Crippen LogP contribution in [-0.4, -0.2) is 24.0 Å². The molecule has 0 aliphatic carbocycles. The van der Waals surface area contributed by atoms with Gasteiger partial charge >= 0.3 is 5.69 Å². The zero-order chi connectivity index (χ0) is 12.7. The van der Waals surface area contributed by atoms with E-state index in [0.29, 0.717) is 12.2 Å². The molecule has 0 atom stereocenters. The predicted molar refractivity (Wildman–Crippen MR) is 66.5 cm³/mol. The Balaban J connectivity index is 2.08. The molecule has 6 nitrogen and oxygen atoms in total. The zero-order valence-corrected chi connectivity index (χ0v) is 10.2. The molecule has 0 aromatic carbocycles. The van der Waals surface area contributed by atoms with Gasteiger partial charge < -0.3 is 0 Å². The molecule has 0 aliphatic heterocycles. The van der Waals surface area contributed by atoms with Crippen LogP contribution in [0, 0.1) is 6.92 Å². The Morgan fingerprint density at radius 1 is 1.28 bits per heavy atom. The first-order valence-electron chi connectivity index (χ1n) is 5.68. The van der Waals surface area contributed by atoms with Crippen LogP contribution in [0.3, 0.4) is 0 Å². The van der Waals surface area contributed by atoms with Gasteiger partial charge in [0, 0.05) is 25.0 Å². The summed E-state index contributed by atoms with van der Waals surface area (Å²) in [6, 6.07) is 5.49. The third-order valence-electron chi connectivity index (χ3n) is 2.92. The van der Waals surface area contributed by atoms with Crippen molar-refractivity contribution in [1.82, 2.24) is 24.0 Å². The molecule has 0 saturated carbocycles. The van der Waals surface area contributed by atoms with Gasteiger partial charge in [0.2, 0.25) is 0 Å². The van der Waals surface area contributed by atoms with Crippen LogP contribution >= 0.6 is 0 Å². The minimum atomic E-state index is -0.131. The summed E-state index contributed by atoms with van der Waals surface area (Å²) in [5.41, 5.74) is 2.45. The average molecular weight is 243 g/mol. The Labute approximate surface area is 103 Å². The molecule has 0 saturated heterocycles. The highest BCUT2D eigenvalue weighted by Gasteiger charge is 2.09. The summed E-state index contributed by atoms with van der Waals surface area (Å²) in [4.78, 5) is 12.1. The van der Waals surface area contributed by atoms with Gasteiger partial charge in [0.25, 0.3) is 0 Å². The Morgan fingerprint density at radius 2 is 2.11 bits per heavy atom. The van der Waals surface area contributed by atoms with Crippen molar-refractivity contribution in [3.05, 3.63) is 52.3 Å². The van der Waals surface area contributed by atoms with E-state index in [1.54, 1.807) is 10.9 Å². The summed E-state index contributed by atoms with van der Waals surface area (Å²) in [6.07, 6.45) is 3.63. The third kappa shape index (κ3) is 1.62. The average Bonchev–Trinajstić information content (AvgIpc) is 2.82. The fourth-order valence-corrected chi connectivity index (χ4v) is 2.04. The molecule has 6 heteroatoms. The van der Waals surface area contributed by atoms with Crippen LogP contribution < -0.4 is 5.69 Å². The first-order chi connectivity index (χ1) is 8.65. The predicted octanol–water partition coefficient (Wildman–Crippen LogP) is 0.586. The van der Waals surface area contributed by atoms with Crippen molar-refractivity contribution in [3.63, 3.8) is 0 Å². The second kappa shape index (κ2) is 3.83. The number of fused-ring (bicyclic) bond motifs is 1. The Morgan fingerprint density at radius 3 is 2.78 bits per heavy atom. The molecule has 0 N–H and O–H groups in total. The highest BCUT2D eigenvalue weighted by molar-refractivity contribution is 5.35. The molecule has 3 heterocycles. The van der Waals surface area contributed by atoms with Crippen LogP contribution in [0.25, 0.3) is 5.65 Å². The summed E-state index contributed by atoms with van der Waals surface area (Å²) in [5, 5.41) is 8.55. The van der Waals surface area contributed by atoms with Gasteiger partial charge in [-0.05, 0) is 19.1 Å².